The van der Waals surface area contributed by atoms with Gasteiger partial charge < -0.3 is 4.98 Å². The average molecular weight is 296 g/mol. The first-order valence-electron chi connectivity index (χ1n) is 7.11. The van der Waals surface area contributed by atoms with E-state index in [4.69, 9.17) is 4.98 Å². The van der Waals surface area contributed by atoms with Gasteiger partial charge in [-0.25, -0.2) is 4.98 Å². The lowest BCUT2D eigenvalue weighted by Crippen LogP contribution is -2.25. The lowest BCUT2D eigenvalue weighted by Gasteiger charge is -2.27. The molecule has 19 heavy (non-hydrogen) atoms. The molecule has 1 aromatic heterocycles. The topological polar surface area (TPSA) is 45.8 Å². The highest BCUT2D eigenvalue weighted by atomic mass is 32.2. The summed E-state index contributed by atoms with van der Waals surface area (Å²) in [5.74, 6) is 3.27. The van der Waals surface area contributed by atoms with E-state index < -0.39 is 0 Å². The fourth-order valence-corrected chi connectivity index (χ4v) is 5.58. The van der Waals surface area contributed by atoms with Crippen molar-refractivity contribution in [3.63, 3.8) is 0 Å². The van der Waals surface area contributed by atoms with Crippen LogP contribution in [0.1, 0.15) is 48.5 Å². The second kappa shape index (κ2) is 5.92. The molecule has 0 aromatic carbocycles. The van der Waals surface area contributed by atoms with Crippen LogP contribution < -0.4 is 5.56 Å². The molecule has 3 rings (SSSR count). The zero-order valence-electron chi connectivity index (χ0n) is 11.3. The largest absolute Gasteiger partial charge is 0.309 e. The van der Waals surface area contributed by atoms with E-state index in [1.54, 1.807) is 0 Å². The first-order chi connectivity index (χ1) is 9.25. The fraction of sp³-hybridized carbons (Fsp3) is 0.714. The number of rotatable bonds is 1. The van der Waals surface area contributed by atoms with E-state index in [1.165, 1.54) is 18.6 Å². The third kappa shape index (κ3) is 2.87. The molecule has 2 unspecified atom stereocenters. The molecule has 2 atom stereocenters. The molecule has 1 aliphatic carbocycles. The third-order valence-electron chi connectivity index (χ3n) is 3.92. The van der Waals surface area contributed by atoms with Crippen molar-refractivity contribution in [2.45, 2.75) is 49.5 Å². The molecule has 0 bridgehead atoms. The highest BCUT2D eigenvalue weighted by Crippen LogP contribution is 2.40. The number of hydrogen-bond donors (Lipinski definition) is 1. The molecule has 1 aromatic rings. The van der Waals surface area contributed by atoms with Gasteiger partial charge in [-0.2, -0.15) is 11.8 Å². The second-order valence-electron chi connectivity index (χ2n) is 5.30. The number of nitrogens with one attached hydrogen (secondary N) is 1. The van der Waals surface area contributed by atoms with E-state index in [0.717, 1.165) is 42.1 Å². The molecule has 1 N–H and O–H groups in total. The molecule has 0 radical (unpaired) electrons. The van der Waals surface area contributed by atoms with Crippen LogP contribution in [0.4, 0.5) is 0 Å². The van der Waals surface area contributed by atoms with Crippen LogP contribution in [0.3, 0.4) is 0 Å². The Labute approximate surface area is 122 Å². The van der Waals surface area contributed by atoms with E-state index >= 15 is 0 Å². The summed E-state index contributed by atoms with van der Waals surface area (Å²) in [5.41, 5.74) is 2.13. The molecule has 2 heterocycles. The maximum atomic E-state index is 12.3. The highest BCUT2D eigenvalue weighted by molar-refractivity contribution is 8.06. The normalized spacial score (nSPS) is 27.6. The molecular formula is C14H20N2OS2. The number of hydrogen-bond acceptors (Lipinski definition) is 4. The van der Waals surface area contributed by atoms with E-state index in [-0.39, 0.29) is 5.56 Å². The van der Waals surface area contributed by atoms with E-state index in [2.05, 4.69) is 11.9 Å². The Morgan fingerprint density at radius 1 is 1.16 bits per heavy atom. The van der Waals surface area contributed by atoms with Gasteiger partial charge in [0.15, 0.2) is 0 Å². The van der Waals surface area contributed by atoms with Crippen molar-refractivity contribution in [2.24, 2.45) is 0 Å². The molecule has 1 fully saturated rings. The van der Waals surface area contributed by atoms with Crippen LogP contribution in [0.15, 0.2) is 4.79 Å². The van der Waals surface area contributed by atoms with Crippen LogP contribution in [-0.2, 0) is 12.8 Å². The molecule has 0 spiro atoms. The van der Waals surface area contributed by atoms with Crippen molar-refractivity contribution in [1.29, 1.82) is 0 Å². The van der Waals surface area contributed by atoms with Crippen LogP contribution in [0.5, 0.6) is 0 Å². The van der Waals surface area contributed by atoms with Gasteiger partial charge >= 0.3 is 0 Å². The Kier molecular flexibility index (Phi) is 4.22. The number of thioether (sulfide) groups is 2. The smallest absolute Gasteiger partial charge is 0.254 e. The number of aromatic nitrogens is 2. The Morgan fingerprint density at radius 3 is 2.79 bits per heavy atom. The quantitative estimate of drug-likeness (QED) is 0.809. The van der Waals surface area contributed by atoms with Gasteiger partial charge in [0.25, 0.3) is 5.56 Å². The number of aryl methyl sites for hydroxylation is 1. The first kappa shape index (κ1) is 13.6. The third-order valence-corrected chi connectivity index (χ3v) is 7.02. The van der Waals surface area contributed by atoms with Crippen molar-refractivity contribution < 1.29 is 0 Å². The summed E-state index contributed by atoms with van der Waals surface area (Å²) in [7, 11) is 0. The maximum absolute atomic E-state index is 12.3. The summed E-state index contributed by atoms with van der Waals surface area (Å²) in [6.07, 6.45) is 5.40. The monoisotopic (exact) mass is 296 g/mol. The molecule has 1 aliphatic heterocycles. The highest BCUT2D eigenvalue weighted by Gasteiger charge is 2.27. The molecule has 0 saturated carbocycles. The van der Waals surface area contributed by atoms with Crippen LogP contribution in [0.2, 0.25) is 0 Å². The van der Waals surface area contributed by atoms with Crippen LogP contribution in [0.25, 0.3) is 0 Å². The number of aromatic amines is 1. The van der Waals surface area contributed by atoms with Gasteiger partial charge in [0.2, 0.25) is 0 Å². The minimum absolute atomic E-state index is 0.116. The SMILES string of the molecule is CC1SCCSC1c1nc2c(c(=O)[nH]1)CCCCC2. The molecule has 104 valence electrons. The molecule has 0 amide bonds. The molecular weight excluding hydrogens is 276 g/mol. The van der Waals surface area contributed by atoms with Crippen molar-refractivity contribution >= 4 is 23.5 Å². The zero-order chi connectivity index (χ0) is 13.2. The minimum atomic E-state index is 0.116. The number of nitrogens with zero attached hydrogens (tertiary/aromatic N) is 1. The van der Waals surface area contributed by atoms with E-state index in [9.17, 15) is 4.79 Å². The summed E-state index contributed by atoms with van der Waals surface area (Å²) < 4.78 is 0. The Balaban J connectivity index is 1.96. The van der Waals surface area contributed by atoms with Crippen molar-refractivity contribution in [3.8, 4) is 0 Å². The standard InChI is InChI=1S/C14H20N2OS2/c1-9-12(19-8-7-18-9)13-15-11-6-4-2-3-5-10(11)14(17)16-13/h9,12H,2-8H2,1H3,(H,15,16,17). The molecule has 2 aliphatic rings. The van der Waals surface area contributed by atoms with Gasteiger partial charge in [-0.1, -0.05) is 13.3 Å². The maximum Gasteiger partial charge on any atom is 0.254 e. The number of H-pyrrole nitrogens is 1. The van der Waals surface area contributed by atoms with Crippen molar-refractivity contribution in [3.05, 3.63) is 27.4 Å². The lowest BCUT2D eigenvalue weighted by molar-refractivity contribution is 0.707. The van der Waals surface area contributed by atoms with Gasteiger partial charge in [-0.3, -0.25) is 4.79 Å². The van der Waals surface area contributed by atoms with Crippen molar-refractivity contribution in [1.82, 2.24) is 9.97 Å². The fourth-order valence-electron chi connectivity index (χ4n) is 2.87. The predicted octanol–water partition coefficient (Wildman–Crippen LogP) is 2.95. The average Bonchev–Trinajstić information content (AvgIpc) is 2.65. The minimum Gasteiger partial charge on any atom is -0.309 e. The van der Waals surface area contributed by atoms with Crippen molar-refractivity contribution in [2.75, 3.05) is 11.5 Å². The summed E-state index contributed by atoms with van der Waals surface area (Å²) in [6.45, 7) is 2.24. The van der Waals surface area contributed by atoms with E-state index in [0.29, 0.717) is 10.5 Å². The second-order valence-corrected chi connectivity index (χ2v) is 8.04. The molecule has 5 heteroatoms. The van der Waals surface area contributed by atoms with Crippen LogP contribution in [0, 0.1) is 0 Å². The van der Waals surface area contributed by atoms with Gasteiger partial charge in [-0.15, -0.1) is 11.8 Å². The Hall–Kier alpha value is -0.420. The van der Waals surface area contributed by atoms with Gasteiger partial charge in [0.05, 0.1) is 10.9 Å². The van der Waals surface area contributed by atoms with Crippen LogP contribution in [-0.4, -0.2) is 26.7 Å². The lowest BCUT2D eigenvalue weighted by atomic mass is 10.1. The summed E-state index contributed by atoms with van der Waals surface area (Å²) in [6, 6.07) is 0. The van der Waals surface area contributed by atoms with Crippen LogP contribution >= 0.6 is 23.5 Å². The summed E-state index contributed by atoms with van der Waals surface area (Å²) >= 11 is 3.92. The summed E-state index contributed by atoms with van der Waals surface area (Å²) in [4.78, 5) is 20.2. The molecule has 3 nitrogen and oxygen atoms in total. The van der Waals surface area contributed by atoms with Gasteiger partial charge in [-0.05, 0) is 25.7 Å². The van der Waals surface area contributed by atoms with Gasteiger partial charge in [0.1, 0.15) is 5.82 Å². The number of fused-ring (bicyclic) bond motifs is 1. The Morgan fingerprint density at radius 2 is 1.95 bits per heavy atom. The zero-order valence-corrected chi connectivity index (χ0v) is 12.9. The molecule has 1 saturated heterocycles. The summed E-state index contributed by atoms with van der Waals surface area (Å²) in [5, 5.41) is 0.880. The first-order valence-corrected chi connectivity index (χ1v) is 9.20. The van der Waals surface area contributed by atoms with Gasteiger partial charge in [0, 0.05) is 22.3 Å². The van der Waals surface area contributed by atoms with E-state index in [1.807, 2.05) is 23.5 Å². The predicted molar refractivity (Wildman–Crippen MR) is 83.2 cm³/mol. The Bertz CT molecular complexity index is 515.